The van der Waals surface area contributed by atoms with Crippen LogP contribution in [-0.2, 0) is 16.1 Å². The summed E-state index contributed by atoms with van der Waals surface area (Å²) in [6.07, 6.45) is 0. The lowest BCUT2D eigenvalue weighted by molar-refractivity contribution is -0.384. The SMILES string of the molecule is CCOCCOCc1cc([N+](=O)[O-])ccc1NC. The molecular formula is C12H18N2O4. The molecule has 1 rings (SSSR count). The predicted octanol–water partition coefficient (Wildman–Crippen LogP) is 2.19. The first-order valence-electron chi connectivity index (χ1n) is 5.79. The van der Waals surface area contributed by atoms with E-state index in [4.69, 9.17) is 9.47 Å². The summed E-state index contributed by atoms with van der Waals surface area (Å²) in [5.41, 5.74) is 1.66. The Kier molecular flexibility index (Phi) is 6.10. The average molecular weight is 254 g/mol. The molecule has 1 aromatic carbocycles. The molecule has 0 aliphatic heterocycles. The number of ether oxygens (including phenoxy) is 2. The number of nitrogens with one attached hydrogen (secondary N) is 1. The van der Waals surface area contributed by atoms with Crippen LogP contribution in [0.1, 0.15) is 12.5 Å². The minimum absolute atomic E-state index is 0.0670. The molecule has 1 aromatic rings. The van der Waals surface area contributed by atoms with Gasteiger partial charge in [-0.3, -0.25) is 10.1 Å². The van der Waals surface area contributed by atoms with Gasteiger partial charge < -0.3 is 14.8 Å². The summed E-state index contributed by atoms with van der Waals surface area (Å²) < 4.78 is 10.6. The van der Waals surface area contributed by atoms with E-state index in [0.29, 0.717) is 26.4 Å². The molecule has 0 amide bonds. The highest BCUT2D eigenvalue weighted by molar-refractivity contribution is 5.55. The van der Waals surface area contributed by atoms with Crippen molar-refractivity contribution in [2.45, 2.75) is 13.5 Å². The Bertz CT molecular complexity index is 396. The quantitative estimate of drug-likeness (QED) is 0.437. The smallest absolute Gasteiger partial charge is 0.269 e. The minimum atomic E-state index is -0.414. The Morgan fingerprint density at radius 2 is 2.06 bits per heavy atom. The van der Waals surface area contributed by atoms with E-state index in [1.54, 1.807) is 13.1 Å². The number of nitrogens with zero attached hydrogens (tertiary/aromatic N) is 1. The highest BCUT2D eigenvalue weighted by Crippen LogP contribution is 2.22. The molecule has 0 fully saturated rings. The van der Waals surface area contributed by atoms with Crippen LogP contribution in [0.2, 0.25) is 0 Å². The third kappa shape index (κ3) is 4.31. The molecule has 0 atom stereocenters. The Labute approximate surface area is 106 Å². The predicted molar refractivity (Wildman–Crippen MR) is 68.8 cm³/mol. The van der Waals surface area contributed by atoms with Crippen molar-refractivity contribution in [3.8, 4) is 0 Å². The van der Waals surface area contributed by atoms with E-state index in [1.807, 2.05) is 6.92 Å². The molecule has 1 N–H and O–H groups in total. The van der Waals surface area contributed by atoms with Crippen LogP contribution in [0.3, 0.4) is 0 Å². The van der Waals surface area contributed by atoms with Crippen LogP contribution in [0.25, 0.3) is 0 Å². The summed E-state index contributed by atoms with van der Waals surface area (Å²) in [7, 11) is 1.77. The van der Waals surface area contributed by atoms with Gasteiger partial charge in [-0.25, -0.2) is 0 Å². The molecule has 0 spiro atoms. The van der Waals surface area contributed by atoms with Crippen molar-refractivity contribution < 1.29 is 14.4 Å². The highest BCUT2D eigenvalue weighted by atomic mass is 16.6. The van der Waals surface area contributed by atoms with E-state index in [2.05, 4.69) is 5.32 Å². The first-order valence-corrected chi connectivity index (χ1v) is 5.79. The molecule has 0 saturated carbocycles. The first-order chi connectivity index (χ1) is 8.69. The van der Waals surface area contributed by atoms with Crippen LogP contribution in [0, 0.1) is 10.1 Å². The standard InChI is InChI=1S/C12H18N2O4/c1-3-17-6-7-18-9-10-8-11(14(15)16)4-5-12(10)13-2/h4-5,8,13H,3,6-7,9H2,1-2H3. The monoisotopic (exact) mass is 254 g/mol. The lowest BCUT2D eigenvalue weighted by Crippen LogP contribution is -2.05. The highest BCUT2D eigenvalue weighted by Gasteiger charge is 2.10. The minimum Gasteiger partial charge on any atom is -0.388 e. The molecule has 100 valence electrons. The summed E-state index contributed by atoms with van der Waals surface area (Å²) in [6, 6.07) is 4.67. The molecule has 0 aliphatic carbocycles. The number of hydrogen-bond acceptors (Lipinski definition) is 5. The fourth-order valence-corrected chi connectivity index (χ4v) is 1.50. The summed E-state index contributed by atoms with van der Waals surface area (Å²) in [4.78, 5) is 10.3. The Morgan fingerprint density at radius 3 is 2.67 bits per heavy atom. The van der Waals surface area contributed by atoms with Crippen molar-refractivity contribution >= 4 is 11.4 Å². The van der Waals surface area contributed by atoms with Crippen molar-refractivity contribution in [2.75, 3.05) is 32.2 Å². The zero-order valence-electron chi connectivity index (χ0n) is 10.6. The van der Waals surface area contributed by atoms with Gasteiger partial charge in [0.25, 0.3) is 5.69 Å². The fraction of sp³-hybridized carbons (Fsp3) is 0.500. The average Bonchev–Trinajstić information content (AvgIpc) is 2.38. The van der Waals surface area contributed by atoms with E-state index >= 15 is 0 Å². The third-order valence-corrected chi connectivity index (χ3v) is 2.40. The molecule has 6 nitrogen and oxygen atoms in total. The number of hydrogen-bond donors (Lipinski definition) is 1. The summed E-state index contributed by atoms with van der Waals surface area (Å²) >= 11 is 0. The topological polar surface area (TPSA) is 73.6 Å². The van der Waals surface area contributed by atoms with Gasteiger partial charge in [-0.2, -0.15) is 0 Å². The zero-order valence-corrected chi connectivity index (χ0v) is 10.6. The summed E-state index contributed by atoms with van der Waals surface area (Å²) in [5, 5.41) is 13.7. The van der Waals surface area contributed by atoms with Crippen molar-refractivity contribution in [2.24, 2.45) is 0 Å². The maximum Gasteiger partial charge on any atom is 0.269 e. The zero-order chi connectivity index (χ0) is 13.4. The van der Waals surface area contributed by atoms with Gasteiger partial charge in [0.15, 0.2) is 0 Å². The van der Waals surface area contributed by atoms with Crippen LogP contribution in [0.5, 0.6) is 0 Å². The molecule has 0 aromatic heterocycles. The Hall–Kier alpha value is -1.66. The normalized spacial score (nSPS) is 10.3. The third-order valence-electron chi connectivity index (χ3n) is 2.40. The maximum absolute atomic E-state index is 10.7. The Balaban J connectivity index is 2.61. The fourth-order valence-electron chi connectivity index (χ4n) is 1.50. The second-order valence-corrected chi connectivity index (χ2v) is 3.60. The van der Waals surface area contributed by atoms with Gasteiger partial charge in [-0.1, -0.05) is 0 Å². The van der Waals surface area contributed by atoms with Gasteiger partial charge >= 0.3 is 0 Å². The molecule has 0 bridgehead atoms. The van der Waals surface area contributed by atoms with Crippen LogP contribution in [0.4, 0.5) is 11.4 Å². The van der Waals surface area contributed by atoms with E-state index < -0.39 is 4.92 Å². The first kappa shape index (κ1) is 14.4. The molecular weight excluding hydrogens is 236 g/mol. The molecule has 0 radical (unpaired) electrons. The number of benzene rings is 1. The largest absolute Gasteiger partial charge is 0.388 e. The van der Waals surface area contributed by atoms with Crippen LogP contribution in [0.15, 0.2) is 18.2 Å². The van der Waals surface area contributed by atoms with Crippen molar-refractivity contribution in [3.05, 3.63) is 33.9 Å². The van der Waals surface area contributed by atoms with Gasteiger partial charge in [0.1, 0.15) is 0 Å². The second-order valence-electron chi connectivity index (χ2n) is 3.60. The summed E-state index contributed by atoms with van der Waals surface area (Å²) in [6.45, 7) is 3.90. The summed E-state index contributed by atoms with van der Waals surface area (Å²) in [5.74, 6) is 0. The van der Waals surface area contributed by atoms with Gasteiger partial charge in [0.05, 0.1) is 24.7 Å². The lowest BCUT2D eigenvalue weighted by atomic mass is 10.1. The maximum atomic E-state index is 10.7. The van der Waals surface area contributed by atoms with E-state index in [-0.39, 0.29) is 5.69 Å². The number of nitro benzene ring substituents is 1. The lowest BCUT2D eigenvalue weighted by Gasteiger charge is -2.09. The number of non-ortho nitro benzene ring substituents is 1. The van der Waals surface area contributed by atoms with Gasteiger partial charge in [0, 0.05) is 37.0 Å². The van der Waals surface area contributed by atoms with E-state index in [1.165, 1.54) is 12.1 Å². The molecule has 0 aliphatic rings. The molecule has 0 unspecified atom stereocenters. The van der Waals surface area contributed by atoms with Gasteiger partial charge in [-0.05, 0) is 13.0 Å². The van der Waals surface area contributed by atoms with Crippen LogP contribution < -0.4 is 5.32 Å². The van der Waals surface area contributed by atoms with Crippen LogP contribution >= 0.6 is 0 Å². The Morgan fingerprint density at radius 1 is 1.33 bits per heavy atom. The number of anilines is 1. The van der Waals surface area contributed by atoms with Crippen molar-refractivity contribution in [3.63, 3.8) is 0 Å². The molecule has 0 saturated heterocycles. The number of rotatable bonds is 8. The second kappa shape index (κ2) is 7.62. The molecule has 6 heteroatoms. The van der Waals surface area contributed by atoms with E-state index in [9.17, 15) is 10.1 Å². The molecule has 18 heavy (non-hydrogen) atoms. The van der Waals surface area contributed by atoms with E-state index in [0.717, 1.165) is 11.3 Å². The number of nitro groups is 1. The van der Waals surface area contributed by atoms with Gasteiger partial charge in [-0.15, -0.1) is 0 Å². The van der Waals surface area contributed by atoms with Crippen molar-refractivity contribution in [1.29, 1.82) is 0 Å². The van der Waals surface area contributed by atoms with Gasteiger partial charge in [0.2, 0.25) is 0 Å². The van der Waals surface area contributed by atoms with Crippen LogP contribution in [-0.4, -0.2) is 31.8 Å². The van der Waals surface area contributed by atoms with Crippen molar-refractivity contribution in [1.82, 2.24) is 0 Å². The molecule has 0 heterocycles.